The Balaban J connectivity index is 2.36. The molecule has 0 saturated heterocycles. The Morgan fingerprint density at radius 2 is 1.94 bits per heavy atom. The number of rotatable bonds is 5. The van der Waals surface area contributed by atoms with Crippen molar-refractivity contribution in [2.75, 3.05) is 6.61 Å². The van der Waals surface area contributed by atoms with E-state index in [4.69, 9.17) is 4.74 Å². The molecule has 0 amide bonds. The molecule has 0 spiro atoms. The number of benzene rings is 1. The van der Waals surface area contributed by atoms with Gasteiger partial charge in [-0.3, -0.25) is 9.59 Å². The second kappa shape index (κ2) is 6.63. The largest absolute Gasteiger partial charge is 0.461 e. The summed E-state index contributed by atoms with van der Waals surface area (Å²) in [4.78, 5) is 22.2. The highest BCUT2D eigenvalue weighted by atomic mass is 16.5. The molecule has 1 rings (SSSR count). The first-order valence-electron chi connectivity index (χ1n) is 5.50. The van der Waals surface area contributed by atoms with Crippen LogP contribution in [-0.2, 0) is 14.3 Å². The van der Waals surface area contributed by atoms with Crippen molar-refractivity contribution < 1.29 is 14.3 Å². The van der Waals surface area contributed by atoms with Crippen molar-refractivity contribution in [3.8, 4) is 0 Å². The lowest BCUT2D eigenvalue weighted by molar-refractivity contribution is -0.149. The van der Waals surface area contributed by atoms with E-state index in [0.717, 1.165) is 5.56 Å². The van der Waals surface area contributed by atoms with Gasteiger partial charge < -0.3 is 4.74 Å². The molecular formula is C14H16O3. The lowest BCUT2D eigenvalue weighted by Gasteiger charge is -2.05. The van der Waals surface area contributed by atoms with Gasteiger partial charge in [0, 0.05) is 0 Å². The third kappa shape index (κ3) is 4.64. The van der Waals surface area contributed by atoms with Gasteiger partial charge in [0.1, 0.15) is 18.3 Å². The van der Waals surface area contributed by atoms with Crippen LogP contribution in [0.25, 0.3) is 6.08 Å². The standard InChI is InChI=1S/C14H16O3/c1-11(12(2)15)14(16)17-10-6-9-13-7-4-3-5-8-13/h3-9,11H,10H2,1-2H3. The number of ketones is 1. The summed E-state index contributed by atoms with van der Waals surface area (Å²) in [5.41, 5.74) is 1.04. The Morgan fingerprint density at radius 1 is 1.29 bits per heavy atom. The molecule has 0 radical (unpaired) electrons. The Hall–Kier alpha value is -1.90. The summed E-state index contributed by atoms with van der Waals surface area (Å²) in [5.74, 6) is -1.34. The minimum absolute atomic E-state index is 0.179. The van der Waals surface area contributed by atoms with Gasteiger partial charge in [-0.1, -0.05) is 36.4 Å². The van der Waals surface area contributed by atoms with Crippen molar-refractivity contribution in [2.24, 2.45) is 5.92 Å². The summed E-state index contributed by atoms with van der Waals surface area (Å²) in [5, 5.41) is 0. The Morgan fingerprint density at radius 3 is 2.53 bits per heavy atom. The fraction of sp³-hybridized carbons (Fsp3) is 0.286. The van der Waals surface area contributed by atoms with Crippen molar-refractivity contribution in [1.29, 1.82) is 0 Å². The number of carbonyl (C=O) groups is 2. The van der Waals surface area contributed by atoms with Crippen molar-refractivity contribution in [3.63, 3.8) is 0 Å². The van der Waals surface area contributed by atoms with Crippen LogP contribution in [0.2, 0.25) is 0 Å². The lowest BCUT2D eigenvalue weighted by Crippen LogP contribution is -2.21. The van der Waals surface area contributed by atoms with Gasteiger partial charge in [0.15, 0.2) is 0 Å². The molecule has 0 aliphatic heterocycles. The van der Waals surface area contributed by atoms with Crippen LogP contribution in [0.5, 0.6) is 0 Å². The van der Waals surface area contributed by atoms with E-state index < -0.39 is 11.9 Å². The molecule has 1 aromatic rings. The summed E-state index contributed by atoms with van der Waals surface area (Å²) in [6.07, 6.45) is 3.62. The molecule has 3 nitrogen and oxygen atoms in total. The predicted octanol–water partition coefficient (Wildman–Crippen LogP) is 2.47. The van der Waals surface area contributed by atoms with E-state index in [1.807, 2.05) is 36.4 Å². The highest BCUT2D eigenvalue weighted by molar-refractivity contribution is 5.97. The van der Waals surface area contributed by atoms with Gasteiger partial charge in [0.2, 0.25) is 0 Å². The van der Waals surface area contributed by atoms with Crippen molar-refractivity contribution in [1.82, 2.24) is 0 Å². The lowest BCUT2D eigenvalue weighted by atomic mass is 10.1. The number of carbonyl (C=O) groups excluding carboxylic acids is 2. The number of ether oxygens (including phenoxy) is 1. The predicted molar refractivity (Wildman–Crippen MR) is 66.3 cm³/mol. The molecule has 0 saturated carbocycles. The summed E-state index contributed by atoms with van der Waals surface area (Å²) < 4.78 is 4.94. The van der Waals surface area contributed by atoms with Crippen molar-refractivity contribution >= 4 is 17.8 Å². The van der Waals surface area contributed by atoms with E-state index in [1.54, 1.807) is 13.0 Å². The first-order chi connectivity index (χ1) is 8.11. The zero-order chi connectivity index (χ0) is 12.7. The quantitative estimate of drug-likeness (QED) is 0.578. The first-order valence-corrected chi connectivity index (χ1v) is 5.50. The van der Waals surface area contributed by atoms with Gasteiger partial charge in [-0.25, -0.2) is 0 Å². The highest BCUT2D eigenvalue weighted by Crippen LogP contribution is 2.02. The monoisotopic (exact) mass is 232 g/mol. The van der Waals surface area contributed by atoms with Gasteiger partial charge in [-0.05, 0) is 25.5 Å². The normalized spacial score (nSPS) is 12.4. The van der Waals surface area contributed by atoms with E-state index in [1.165, 1.54) is 6.92 Å². The van der Waals surface area contributed by atoms with Crippen LogP contribution in [0.15, 0.2) is 36.4 Å². The molecule has 90 valence electrons. The molecule has 0 aliphatic rings. The molecule has 0 heterocycles. The van der Waals surface area contributed by atoms with Gasteiger partial charge >= 0.3 is 5.97 Å². The molecule has 1 aromatic carbocycles. The molecule has 1 atom stereocenters. The van der Waals surface area contributed by atoms with Crippen molar-refractivity contribution in [2.45, 2.75) is 13.8 Å². The van der Waals surface area contributed by atoms with Gasteiger partial charge in [-0.15, -0.1) is 0 Å². The molecule has 0 bridgehead atoms. The maximum Gasteiger partial charge on any atom is 0.316 e. The number of Topliss-reactive ketones (excluding diaryl/α,β-unsaturated/α-hetero) is 1. The maximum atomic E-state index is 11.3. The molecule has 0 aliphatic carbocycles. The van der Waals surface area contributed by atoms with E-state index in [-0.39, 0.29) is 12.4 Å². The second-order valence-corrected chi connectivity index (χ2v) is 3.78. The maximum absolute atomic E-state index is 11.3. The van der Waals surface area contributed by atoms with Crippen molar-refractivity contribution in [3.05, 3.63) is 42.0 Å². The van der Waals surface area contributed by atoms with Gasteiger partial charge in [-0.2, -0.15) is 0 Å². The second-order valence-electron chi connectivity index (χ2n) is 3.78. The van der Waals surface area contributed by atoms with Crippen LogP contribution in [0.3, 0.4) is 0 Å². The number of esters is 1. The molecule has 3 heteroatoms. The Labute approximate surface area is 101 Å². The number of hydrogen-bond donors (Lipinski definition) is 0. The molecule has 0 fully saturated rings. The van der Waals surface area contributed by atoms with E-state index in [9.17, 15) is 9.59 Å². The minimum atomic E-state index is -0.680. The smallest absolute Gasteiger partial charge is 0.316 e. The Bertz CT molecular complexity index is 407. The fourth-order valence-electron chi connectivity index (χ4n) is 1.17. The summed E-state index contributed by atoms with van der Waals surface area (Å²) in [7, 11) is 0. The van der Waals surface area contributed by atoms with Crippen LogP contribution in [-0.4, -0.2) is 18.4 Å². The average molecular weight is 232 g/mol. The van der Waals surface area contributed by atoms with E-state index in [0.29, 0.717) is 0 Å². The Kier molecular flexibility index (Phi) is 5.14. The molecule has 17 heavy (non-hydrogen) atoms. The van der Waals surface area contributed by atoms with Gasteiger partial charge in [0.25, 0.3) is 0 Å². The summed E-state index contributed by atoms with van der Waals surface area (Å²) in [6.45, 7) is 3.11. The highest BCUT2D eigenvalue weighted by Gasteiger charge is 2.18. The van der Waals surface area contributed by atoms with Crippen LogP contribution in [0.1, 0.15) is 19.4 Å². The molecule has 0 aromatic heterocycles. The van der Waals surface area contributed by atoms with Gasteiger partial charge in [0.05, 0.1) is 0 Å². The van der Waals surface area contributed by atoms with Crippen LogP contribution in [0, 0.1) is 5.92 Å². The van der Waals surface area contributed by atoms with Crippen LogP contribution in [0.4, 0.5) is 0 Å². The molecular weight excluding hydrogens is 216 g/mol. The van der Waals surface area contributed by atoms with E-state index >= 15 is 0 Å². The molecule has 1 unspecified atom stereocenters. The number of hydrogen-bond acceptors (Lipinski definition) is 3. The third-order valence-corrected chi connectivity index (χ3v) is 2.40. The average Bonchev–Trinajstić information content (AvgIpc) is 2.34. The third-order valence-electron chi connectivity index (χ3n) is 2.40. The minimum Gasteiger partial charge on any atom is -0.461 e. The zero-order valence-electron chi connectivity index (χ0n) is 10.1. The fourth-order valence-corrected chi connectivity index (χ4v) is 1.17. The summed E-state index contributed by atoms with van der Waals surface area (Å²) in [6, 6.07) is 9.71. The molecule has 0 N–H and O–H groups in total. The SMILES string of the molecule is CC(=O)C(C)C(=O)OCC=Cc1ccccc1. The zero-order valence-corrected chi connectivity index (χ0v) is 10.1. The summed E-state index contributed by atoms with van der Waals surface area (Å²) >= 11 is 0. The van der Waals surface area contributed by atoms with E-state index in [2.05, 4.69) is 0 Å². The first kappa shape index (κ1) is 13.2. The van der Waals surface area contributed by atoms with Crippen LogP contribution >= 0.6 is 0 Å². The topological polar surface area (TPSA) is 43.4 Å². The van der Waals surface area contributed by atoms with Crippen LogP contribution < -0.4 is 0 Å².